The molecule has 0 bridgehead atoms. The number of hydrogen-bond acceptors (Lipinski definition) is 4. The van der Waals surface area contributed by atoms with Crippen molar-refractivity contribution in [2.24, 2.45) is 0 Å². The third-order valence-corrected chi connectivity index (χ3v) is 9.19. The molecule has 6 aromatic carbocycles. The van der Waals surface area contributed by atoms with Gasteiger partial charge < -0.3 is 19.1 Å². The molecule has 5 heteroatoms. The van der Waals surface area contributed by atoms with Gasteiger partial charge in [-0.15, -0.1) is 0 Å². The van der Waals surface area contributed by atoms with Crippen molar-refractivity contribution in [2.45, 2.75) is 38.9 Å². The number of hydrogen-bond donors (Lipinski definition) is 1. The van der Waals surface area contributed by atoms with Crippen LogP contribution in [0.5, 0.6) is 0 Å². The van der Waals surface area contributed by atoms with Crippen molar-refractivity contribution in [1.29, 1.82) is 0 Å². The van der Waals surface area contributed by atoms with E-state index in [9.17, 15) is 5.11 Å². The minimum Gasteiger partial charge on any atom is -0.456 e. The molecule has 0 saturated carbocycles. The topological polar surface area (TPSA) is 45.8 Å². The Balaban J connectivity index is 1.39. The number of furan rings is 1. The van der Waals surface area contributed by atoms with E-state index < -0.39 is 11.2 Å². The zero-order chi connectivity index (χ0) is 32.6. The fourth-order valence-corrected chi connectivity index (χ4v) is 5.76. The van der Waals surface area contributed by atoms with Gasteiger partial charge in [-0.05, 0) is 91.8 Å². The van der Waals surface area contributed by atoms with Crippen molar-refractivity contribution < 1.29 is 14.2 Å². The molecule has 7 aromatic rings. The second-order valence-electron chi connectivity index (χ2n) is 12.9. The summed E-state index contributed by atoms with van der Waals surface area (Å²) in [7, 11) is 1.71. The van der Waals surface area contributed by atoms with Crippen LogP contribution in [0.3, 0.4) is 0 Å². The maximum Gasteiger partial charge on any atom is 0.334 e. The van der Waals surface area contributed by atoms with Crippen LogP contribution < -0.4 is 10.4 Å². The smallest absolute Gasteiger partial charge is 0.334 e. The quantitative estimate of drug-likeness (QED) is 0.164. The monoisotopic (exact) mass is 614 g/mol. The first kappa shape index (κ1) is 30.6. The number of nitrogens with zero attached hydrogens (tertiary/aromatic N) is 1. The number of fused-ring (bicyclic) bond motifs is 3. The summed E-state index contributed by atoms with van der Waals surface area (Å²) in [4.78, 5) is 2.29. The van der Waals surface area contributed by atoms with Crippen molar-refractivity contribution in [3.63, 3.8) is 0 Å². The molecule has 0 fully saturated rings. The fraction of sp³-hybridized carbons (Fsp3) is 0.143. The molecule has 0 aliphatic heterocycles. The van der Waals surface area contributed by atoms with Crippen LogP contribution in [0.1, 0.15) is 27.7 Å². The first-order chi connectivity index (χ1) is 22.7. The van der Waals surface area contributed by atoms with E-state index >= 15 is 0 Å². The largest absolute Gasteiger partial charge is 0.456 e. The first-order valence-electron chi connectivity index (χ1n) is 16.0. The third kappa shape index (κ3) is 5.96. The second-order valence-corrected chi connectivity index (χ2v) is 12.9. The highest BCUT2D eigenvalue weighted by molar-refractivity contribution is 6.52. The van der Waals surface area contributed by atoms with Gasteiger partial charge in [0.2, 0.25) is 0 Å². The highest BCUT2D eigenvalue weighted by Gasteiger charge is 2.36. The molecule has 0 amide bonds. The van der Waals surface area contributed by atoms with Gasteiger partial charge in [-0.25, -0.2) is 0 Å². The lowest BCUT2D eigenvalue weighted by atomic mass is 9.81. The van der Waals surface area contributed by atoms with E-state index in [1.54, 1.807) is 21.3 Å². The highest BCUT2D eigenvalue weighted by Crippen LogP contribution is 2.43. The van der Waals surface area contributed by atoms with Gasteiger partial charge in [-0.1, -0.05) is 109 Å². The van der Waals surface area contributed by atoms with Crippen molar-refractivity contribution in [3.8, 4) is 22.3 Å². The fourth-order valence-electron chi connectivity index (χ4n) is 5.76. The Labute approximate surface area is 277 Å². The average molecular weight is 615 g/mol. The summed E-state index contributed by atoms with van der Waals surface area (Å²) >= 11 is 0. The van der Waals surface area contributed by atoms with Gasteiger partial charge in [0, 0.05) is 16.8 Å². The van der Waals surface area contributed by atoms with E-state index in [4.69, 9.17) is 9.07 Å². The van der Waals surface area contributed by atoms with Crippen LogP contribution >= 0.6 is 0 Å². The molecular formula is C42H37BNO3. The summed E-state index contributed by atoms with van der Waals surface area (Å²) in [6.07, 6.45) is 0. The Morgan fingerprint density at radius 2 is 1.06 bits per heavy atom. The molecule has 0 aliphatic rings. The van der Waals surface area contributed by atoms with Crippen LogP contribution in [0.15, 0.2) is 150 Å². The first-order valence-corrected chi connectivity index (χ1v) is 16.0. The van der Waals surface area contributed by atoms with Gasteiger partial charge in [-0.3, -0.25) is 0 Å². The molecule has 0 saturated heterocycles. The van der Waals surface area contributed by atoms with Gasteiger partial charge in [0.1, 0.15) is 11.2 Å². The van der Waals surface area contributed by atoms with Crippen molar-refractivity contribution in [2.75, 3.05) is 4.90 Å². The standard InChI is InChI=1S/C42H37BNO3/c1-41(2,45)42(3,4)47-43-36-27-28-37(39-35-17-11-12-18-38(35)46-40(36)39)44(33-23-19-31(20-24-33)29-13-7-5-8-14-29)34-25-21-32(22-26-34)30-15-9-6-10-16-30/h5-28,45H,1-4H3. The summed E-state index contributed by atoms with van der Waals surface area (Å²) in [6.45, 7) is 7.27. The molecule has 47 heavy (non-hydrogen) atoms. The normalized spacial score (nSPS) is 12.0. The van der Waals surface area contributed by atoms with E-state index in [1.807, 2.05) is 50.2 Å². The van der Waals surface area contributed by atoms with Gasteiger partial charge >= 0.3 is 7.48 Å². The average Bonchev–Trinajstić information content (AvgIpc) is 3.49. The third-order valence-electron chi connectivity index (χ3n) is 9.19. The molecular weight excluding hydrogens is 577 g/mol. The molecule has 0 unspecified atom stereocenters. The van der Waals surface area contributed by atoms with Crippen LogP contribution in [-0.4, -0.2) is 23.8 Å². The molecule has 1 radical (unpaired) electrons. The SMILES string of the molecule is CC(C)(O)C(C)(C)O[B]c1ccc(N(c2ccc(-c3ccccc3)cc2)c2ccc(-c3ccccc3)cc2)c2c1oc1ccccc12. The van der Waals surface area contributed by atoms with Crippen molar-refractivity contribution in [3.05, 3.63) is 146 Å². The Morgan fingerprint density at radius 1 is 0.574 bits per heavy atom. The molecule has 1 aromatic heterocycles. The molecule has 0 atom stereocenters. The lowest BCUT2D eigenvalue weighted by Crippen LogP contribution is -2.49. The van der Waals surface area contributed by atoms with Crippen LogP contribution in [-0.2, 0) is 4.65 Å². The van der Waals surface area contributed by atoms with Gasteiger partial charge in [-0.2, -0.15) is 0 Å². The lowest BCUT2D eigenvalue weighted by Gasteiger charge is -2.37. The van der Waals surface area contributed by atoms with Gasteiger partial charge in [0.05, 0.1) is 22.3 Å². The zero-order valence-corrected chi connectivity index (χ0v) is 27.1. The van der Waals surface area contributed by atoms with Gasteiger partial charge in [0.25, 0.3) is 0 Å². The molecule has 7 rings (SSSR count). The summed E-state index contributed by atoms with van der Waals surface area (Å²) in [5.74, 6) is 0. The Hall–Kier alpha value is -5.10. The molecule has 0 aliphatic carbocycles. The van der Waals surface area contributed by atoms with E-state index in [-0.39, 0.29) is 0 Å². The second kappa shape index (κ2) is 12.3. The Bertz CT molecular complexity index is 2050. The predicted octanol–water partition coefficient (Wildman–Crippen LogP) is 10.2. The maximum absolute atomic E-state index is 10.7. The van der Waals surface area contributed by atoms with Crippen LogP contribution in [0.25, 0.3) is 44.2 Å². The van der Waals surface area contributed by atoms with Crippen LogP contribution in [0, 0.1) is 0 Å². The number of aliphatic hydroxyl groups is 1. The summed E-state index contributed by atoms with van der Waals surface area (Å²) in [5, 5.41) is 12.7. The van der Waals surface area contributed by atoms with Crippen LogP contribution in [0.4, 0.5) is 17.1 Å². The molecule has 231 valence electrons. The van der Waals surface area contributed by atoms with Crippen molar-refractivity contribution >= 4 is 51.9 Å². The number of anilines is 3. The molecule has 0 spiro atoms. The van der Waals surface area contributed by atoms with Gasteiger partial charge in [0.15, 0.2) is 0 Å². The number of benzene rings is 6. The van der Waals surface area contributed by atoms with E-state index in [2.05, 4.69) is 114 Å². The molecule has 1 N–H and O–H groups in total. The molecule has 1 heterocycles. The molecule has 4 nitrogen and oxygen atoms in total. The summed E-state index contributed by atoms with van der Waals surface area (Å²) in [6, 6.07) is 50.6. The minimum atomic E-state index is -1.05. The predicted molar refractivity (Wildman–Crippen MR) is 196 cm³/mol. The highest BCUT2D eigenvalue weighted by atomic mass is 16.5. The van der Waals surface area contributed by atoms with E-state index in [0.717, 1.165) is 55.6 Å². The summed E-state index contributed by atoms with van der Waals surface area (Å²) < 4.78 is 12.8. The summed E-state index contributed by atoms with van der Waals surface area (Å²) in [5.41, 5.74) is 8.16. The van der Waals surface area contributed by atoms with E-state index in [1.165, 1.54) is 11.1 Å². The number of rotatable bonds is 9. The lowest BCUT2D eigenvalue weighted by molar-refractivity contribution is -0.0893. The Morgan fingerprint density at radius 3 is 1.60 bits per heavy atom. The minimum absolute atomic E-state index is 0.724. The van der Waals surface area contributed by atoms with E-state index in [0.29, 0.717) is 0 Å². The van der Waals surface area contributed by atoms with Crippen molar-refractivity contribution in [1.82, 2.24) is 0 Å². The number of para-hydroxylation sites is 1. The Kier molecular flexibility index (Phi) is 7.97. The maximum atomic E-state index is 10.7. The zero-order valence-electron chi connectivity index (χ0n) is 27.1. The van der Waals surface area contributed by atoms with Crippen LogP contribution in [0.2, 0.25) is 0 Å².